The number of imidazole rings is 1. The summed E-state index contributed by atoms with van der Waals surface area (Å²) >= 11 is 0. The topological polar surface area (TPSA) is 47.2 Å². The van der Waals surface area contributed by atoms with Crippen LogP contribution in [0.15, 0.2) is 42.5 Å². The van der Waals surface area contributed by atoms with E-state index in [0.717, 1.165) is 61.7 Å². The summed E-state index contributed by atoms with van der Waals surface area (Å²) in [6.07, 6.45) is 0. The number of hydrogen-bond acceptors (Lipinski definition) is 4. The summed E-state index contributed by atoms with van der Waals surface area (Å²) in [4.78, 5) is 13.2. The predicted octanol–water partition coefficient (Wildman–Crippen LogP) is 3.49. The summed E-state index contributed by atoms with van der Waals surface area (Å²) in [5.74, 6) is 0.939. The third-order valence-corrected chi connectivity index (χ3v) is 5.22. The van der Waals surface area contributed by atoms with E-state index in [1.165, 1.54) is 11.4 Å². The summed E-state index contributed by atoms with van der Waals surface area (Å²) in [7, 11) is 0. The smallest absolute Gasteiger partial charge is 0.138 e. The third kappa shape index (κ3) is 3.15. The van der Waals surface area contributed by atoms with Crippen LogP contribution in [0.5, 0.6) is 0 Å². The maximum atomic E-state index is 4.94. The molecule has 4 rings (SSSR count). The highest BCUT2D eigenvalue weighted by Gasteiger charge is 2.16. The van der Waals surface area contributed by atoms with Crippen molar-refractivity contribution in [1.29, 1.82) is 0 Å². The van der Waals surface area contributed by atoms with Gasteiger partial charge in [-0.05, 0) is 50.2 Å². The highest BCUT2D eigenvalue weighted by atomic mass is 15.2. The van der Waals surface area contributed by atoms with Gasteiger partial charge in [-0.3, -0.25) is 0 Å². The van der Waals surface area contributed by atoms with Gasteiger partial charge < -0.3 is 20.1 Å². The Morgan fingerprint density at radius 1 is 1.00 bits per heavy atom. The van der Waals surface area contributed by atoms with Gasteiger partial charge in [-0.15, -0.1) is 0 Å². The lowest BCUT2D eigenvalue weighted by Crippen LogP contribution is -2.43. The van der Waals surface area contributed by atoms with Gasteiger partial charge in [-0.1, -0.05) is 6.07 Å². The molecule has 1 aromatic heterocycles. The van der Waals surface area contributed by atoms with Crippen LogP contribution < -0.4 is 15.1 Å². The van der Waals surface area contributed by atoms with Gasteiger partial charge in [-0.2, -0.15) is 0 Å². The Bertz CT molecular complexity index is 858. The number of para-hydroxylation sites is 1. The number of aromatic nitrogens is 2. The second-order valence-corrected chi connectivity index (χ2v) is 6.71. The van der Waals surface area contributed by atoms with E-state index in [-0.39, 0.29) is 0 Å². The first kappa shape index (κ1) is 16.9. The van der Waals surface area contributed by atoms with E-state index < -0.39 is 0 Å². The molecule has 1 aliphatic rings. The van der Waals surface area contributed by atoms with Crippen molar-refractivity contribution < 1.29 is 0 Å². The van der Waals surface area contributed by atoms with Crippen molar-refractivity contribution in [2.24, 2.45) is 0 Å². The SMILES string of the molecule is CCN(CC)c1ccc(-c2nc3c(N4CCNCC4)cccc3[nH]2)cc1. The van der Waals surface area contributed by atoms with Gasteiger partial charge in [0.15, 0.2) is 0 Å². The molecule has 1 saturated heterocycles. The average Bonchev–Trinajstić information content (AvgIpc) is 3.14. The first-order valence-corrected chi connectivity index (χ1v) is 9.60. The standard InChI is InChI=1S/C21H27N5/c1-3-25(4-2)17-10-8-16(9-11-17)21-23-18-6-5-7-19(20(18)24-21)26-14-12-22-13-15-26/h5-11,22H,3-4,12-15H2,1-2H3,(H,23,24). The van der Waals surface area contributed by atoms with Crippen LogP contribution in [0, 0.1) is 0 Å². The van der Waals surface area contributed by atoms with Gasteiger partial charge in [0.05, 0.1) is 11.2 Å². The number of fused-ring (bicyclic) bond motifs is 1. The lowest BCUT2D eigenvalue weighted by Gasteiger charge is -2.29. The predicted molar refractivity (Wildman–Crippen MR) is 110 cm³/mol. The molecule has 0 spiro atoms. The van der Waals surface area contributed by atoms with Crippen LogP contribution in [-0.4, -0.2) is 49.2 Å². The lowest BCUT2D eigenvalue weighted by molar-refractivity contribution is 0.590. The molecule has 5 heteroatoms. The van der Waals surface area contributed by atoms with Gasteiger partial charge in [-0.25, -0.2) is 4.98 Å². The second-order valence-electron chi connectivity index (χ2n) is 6.71. The molecule has 2 aromatic carbocycles. The van der Waals surface area contributed by atoms with E-state index in [1.807, 2.05) is 0 Å². The Labute approximate surface area is 155 Å². The first-order chi connectivity index (χ1) is 12.8. The molecule has 0 bridgehead atoms. The highest BCUT2D eigenvalue weighted by molar-refractivity contribution is 5.91. The van der Waals surface area contributed by atoms with Crippen LogP contribution in [0.3, 0.4) is 0 Å². The van der Waals surface area contributed by atoms with Crippen molar-refractivity contribution in [3.8, 4) is 11.4 Å². The molecule has 0 radical (unpaired) electrons. The quantitative estimate of drug-likeness (QED) is 0.740. The normalized spacial score (nSPS) is 14.8. The summed E-state index contributed by atoms with van der Waals surface area (Å²) in [5, 5.41) is 3.41. The fourth-order valence-electron chi connectivity index (χ4n) is 3.73. The lowest BCUT2D eigenvalue weighted by atomic mass is 10.2. The highest BCUT2D eigenvalue weighted by Crippen LogP contribution is 2.29. The number of nitrogens with zero attached hydrogens (tertiary/aromatic N) is 3. The minimum absolute atomic E-state index is 0.939. The minimum Gasteiger partial charge on any atom is -0.372 e. The summed E-state index contributed by atoms with van der Waals surface area (Å²) in [5.41, 5.74) is 5.78. The third-order valence-electron chi connectivity index (χ3n) is 5.22. The Hall–Kier alpha value is -2.53. The van der Waals surface area contributed by atoms with Crippen molar-refractivity contribution in [1.82, 2.24) is 15.3 Å². The van der Waals surface area contributed by atoms with E-state index in [2.05, 4.69) is 76.4 Å². The molecule has 0 amide bonds. The molecular weight excluding hydrogens is 322 g/mol. The molecule has 0 atom stereocenters. The molecule has 2 heterocycles. The number of nitrogens with one attached hydrogen (secondary N) is 2. The van der Waals surface area contributed by atoms with E-state index in [0.29, 0.717) is 0 Å². The molecule has 1 aliphatic heterocycles. The van der Waals surface area contributed by atoms with Gasteiger partial charge >= 0.3 is 0 Å². The zero-order valence-corrected chi connectivity index (χ0v) is 15.6. The van der Waals surface area contributed by atoms with Gasteiger partial charge in [0.2, 0.25) is 0 Å². The molecule has 1 fully saturated rings. The van der Waals surface area contributed by atoms with Crippen molar-refractivity contribution in [3.63, 3.8) is 0 Å². The van der Waals surface area contributed by atoms with Crippen LogP contribution >= 0.6 is 0 Å². The maximum Gasteiger partial charge on any atom is 0.138 e. The van der Waals surface area contributed by atoms with Gasteiger partial charge in [0, 0.05) is 50.5 Å². The number of hydrogen-bond donors (Lipinski definition) is 2. The maximum absolute atomic E-state index is 4.94. The monoisotopic (exact) mass is 349 g/mol. The second kappa shape index (κ2) is 7.38. The van der Waals surface area contributed by atoms with Crippen LogP contribution in [-0.2, 0) is 0 Å². The van der Waals surface area contributed by atoms with Gasteiger partial charge in [0.1, 0.15) is 11.3 Å². The summed E-state index contributed by atoms with van der Waals surface area (Å²) in [6, 6.07) is 15.1. The van der Waals surface area contributed by atoms with E-state index >= 15 is 0 Å². The summed E-state index contributed by atoms with van der Waals surface area (Å²) in [6.45, 7) is 10.5. The zero-order chi connectivity index (χ0) is 17.9. The van der Waals surface area contributed by atoms with Crippen LogP contribution in [0.4, 0.5) is 11.4 Å². The molecule has 26 heavy (non-hydrogen) atoms. The van der Waals surface area contributed by atoms with Crippen LogP contribution in [0.25, 0.3) is 22.4 Å². The van der Waals surface area contributed by atoms with Crippen LogP contribution in [0.1, 0.15) is 13.8 Å². The fraction of sp³-hybridized carbons (Fsp3) is 0.381. The molecule has 0 unspecified atom stereocenters. The minimum atomic E-state index is 0.939. The first-order valence-electron chi connectivity index (χ1n) is 9.60. The van der Waals surface area contributed by atoms with E-state index in [9.17, 15) is 0 Å². The molecule has 0 saturated carbocycles. The van der Waals surface area contributed by atoms with Crippen molar-refractivity contribution in [2.45, 2.75) is 13.8 Å². The Morgan fingerprint density at radius 3 is 2.42 bits per heavy atom. The number of H-pyrrole nitrogens is 1. The number of anilines is 2. The molecule has 5 nitrogen and oxygen atoms in total. The molecule has 0 aliphatic carbocycles. The molecule has 136 valence electrons. The summed E-state index contributed by atoms with van der Waals surface area (Å²) < 4.78 is 0. The van der Waals surface area contributed by atoms with Crippen molar-refractivity contribution >= 4 is 22.4 Å². The van der Waals surface area contributed by atoms with Crippen LogP contribution in [0.2, 0.25) is 0 Å². The Kier molecular flexibility index (Phi) is 4.80. The largest absolute Gasteiger partial charge is 0.372 e. The van der Waals surface area contributed by atoms with E-state index in [4.69, 9.17) is 4.98 Å². The van der Waals surface area contributed by atoms with Gasteiger partial charge in [0.25, 0.3) is 0 Å². The fourth-order valence-corrected chi connectivity index (χ4v) is 3.73. The van der Waals surface area contributed by atoms with Crippen molar-refractivity contribution in [2.75, 3.05) is 49.1 Å². The number of aromatic amines is 1. The zero-order valence-electron chi connectivity index (χ0n) is 15.6. The molecule has 3 aromatic rings. The number of benzene rings is 2. The Morgan fingerprint density at radius 2 is 1.73 bits per heavy atom. The van der Waals surface area contributed by atoms with E-state index in [1.54, 1.807) is 0 Å². The number of piperazine rings is 1. The Balaban J connectivity index is 1.67. The molecular formula is C21H27N5. The average molecular weight is 349 g/mol. The van der Waals surface area contributed by atoms with Crippen molar-refractivity contribution in [3.05, 3.63) is 42.5 Å². The number of rotatable bonds is 5. The molecule has 2 N–H and O–H groups in total.